The van der Waals surface area contributed by atoms with Crippen LogP contribution in [0.3, 0.4) is 0 Å². The van der Waals surface area contributed by atoms with Crippen LogP contribution in [0.15, 0.2) is 0 Å². The van der Waals surface area contributed by atoms with Gasteiger partial charge in [0, 0.05) is 0 Å². The van der Waals surface area contributed by atoms with Crippen LogP contribution in [-0.2, 0) is 6.42 Å². The lowest BCUT2D eigenvalue weighted by Crippen LogP contribution is -1.99. The number of unbranched alkanes of at least 4 members (excludes halogenated alkanes) is 3. The van der Waals surface area contributed by atoms with Gasteiger partial charge in [0.05, 0.1) is 5.69 Å². The number of carboxylic acids is 1. The van der Waals surface area contributed by atoms with Gasteiger partial charge in [-0.1, -0.05) is 49.1 Å². The molecule has 0 fully saturated rings. The molecular weight excluding hydrogens is 234 g/mol. The van der Waals surface area contributed by atoms with E-state index in [1.54, 1.807) is 0 Å². The SMILES string of the molecule is CCCCCCc1nc(Cl)sc1C(=O)O. The van der Waals surface area contributed by atoms with Gasteiger partial charge < -0.3 is 5.11 Å². The fourth-order valence-corrected chi connectivity index (χ4v) is 2.39. The van der Waals surface area contributed by atoms with E-state index in [-0.39, 0.29) is 4.88 Å². The second-order valence-corrected chi connectivity index (χ2v) is 4.94. The lowest BCUT2D eigenvalue weighted by Gasteiger charge is -1.98. The van der Waals surface area contributed by atoms with Crippen molar-refractivity contribution in [2.75, 3.05) is 0 Å². The molecule has 0 amide bonds. The molecule has 3 nitrogen and oxygen atoms in total. The molecule has 0 radical (unpaired) electrons. The van der Waals surface area contributed by atoms with Crippen LogP contribution in [0.4, 0.5) is 0 Å². The van der Waals surface area contributed by atoms with Crippen LogP contribution < -0.4 is 0 Å². The molecule has 0 unspecified atom stereocenters. The number of hydrogen-bond acceptors (Lipinski definition) is 3. The van der Waals surface area contributed by atoms with Crippen molar-refractivity contribution in [2.45, 2.75) is 39.0 Å². The molecule has 0 bridgehead atoms. The van der Waals surface area contributed by atoms with E-state index in [2.05, 4.69) is 11.9 Å². The molecule has 1 rings (SSSR count). The maximum atomic E-state index is 10.8. The third-order valence-corrected chi connectivity index (χ3v) is 3.32. The second-order valence-electron chi connectivity index (χ2n) is 3.36. The first-order chi connectivity index (χ1) is 7.15. The van der Waals surface area contributed by atoms with Gasteiger partial charge in [-0.15, -0.1) is 0 Å². The third-order valence-electron chi connectivity index (χ3n) is 2.13. The zero-order valence-corrected chi connectivity index (χ0v) is 10.2. The maximum absolute atomic E-state index is 10.8. The average Bonchev–Trinajstić information content (AvgIpc) is 2.55. The summed E-state index contributed by atoms with van der Waals surface area (Å²) in [7, 11) is 0. The minimum atomic E-state index is -0.926. The van der Waals surface area contributed by atoms with Gasteiger partial charge in [0.2, 0.25) is 0 Å². The Hall–Kier alpha value is -0.610. The zero-order valence-electron chi connectivity index (χ0n) is 8.62. The Morgan fingerprint density at radius 3 is 2.80 bits per heavy atom. The first kappa shape index (κ1) is 12.5. The van der Waals surface area contributed by atoms with Crippen molar-refractivity contribution in [1.82, 2.24) is 4.98 Å². The molecule has 1 N–H and O–H groups in total. The Kier molecular flexibility index (Phi) is 5.05. The van der Waals surface area contributed by atoms with E-state index in [1.165, 1.54) is 12.8 Å². The van der Waals surface area contributed by atoms with E-state index in [1.807, 2.05) is 0 Å². The molecule has 1 aromatic heterocycles. The lowest BCUT2D eigenvalue weighted by atomic mass is 10.1. The molecular formula is C10H14ClNO2S. The minimum Gasteiger partial charge on any atom is -0.477 e. The third kappa shape index (κ3) is 3.80. The largest absolute Gasteiger partial charge is 0.477 e. The summed E-state index contributed by atoms with van der Waals surface area (Å²) in [5.41, 5.74) is 0.633. The monoisotopic (exact) mass is 247 g/mol. The van der Waals surface area contributed by atoms with E-state index in [4.69, 9.17) is 16.7 Å². The van der Waals surface area contributed by atoms with Crippen LogP contribution in [-0.4, -0.2) is 16.1 Å². The van der Waals surface area contributed by atoms with Crippen molar-refractivity contribution >= 4 is 28.9 Å². The number of hydrogen-bond donors (Lipinski definition) is 1. The molecule has 0 aliphatic carbocycles. The number of nitrogens with zero attached hydrogens (tertiary/aromatic N) is 1. The fourth-order valence-electron chi connectivity index (χ4n) is 1.38. The predicted octanol–water partition coefficient (Wildman–Crippen LogP) is 3.62. The van der Waals surface area contributed by atoms with Crippen LogP contribution in [0.5, 0.6) is 0 Å². The number of carbonyl (C=O) groups is 1. The molecule has 0 aliphatic rings. The van der Waals surface area contributed by atoms with E-state index in [9.17, 15) is 4.79 Å². The van der Waals surface area contributed by atoms with Crippen LogP contribution >= 0.6 is 22.9 Å². The average molecular weight is 248 g/mol. The van der Waals surface area contributed by atoms with Crippen molar-refractivity contribution in [2.24, 2.45) is 0 Å². The topological polar surface area (TPSA) is 50.2 Å². The quantitative estimate of drug-likeness (QED) is 0.781. The molecule has 0 saturated heterocycles. The Labute approximate surface area is 98.1 Å². The highest BCUT2D eigenvalue weighted by Gasteiger charge is 2.15. The number of aromatic carboxylic acids is 1. The van der Waals surface area contributed by atoms with Crippen molar-refractivity contribution in [3.8, 4) is 0 Å². The van der Waals surface area contributed by atoms with Crippen molar-refractivity contribution in [1.29, 1.82) is 0 Å². The van der Waals surface area contributed by atoms with Crippen molar-refractivity contribution in [3.05, 3.63) is 15.0 Å². The molecule has 1 heterocycles. The van der Waals surface area contributed by atoms with E-state index in [0.717, 1.165) is 24.2 Å². The van der Waals surface area contributed by atoms with Crippen molar-refractivity contribution in [3.63, 3.8) is 0 Å². The van der Waals surface area contributed by atoms with E-state index >= 15 is 0 Å². The first-order valence-electron chi connectivity index (χ1n) is 5.03. The molecule has 5 heteroatoms. The Balaban J connectivity index is 2.55. The van der Waals surface area contributed by atoms with Gasteiger partial charge in [-0.2, -0.15) is 0 Å². The number of carboxylic acid groups (broad SMARTS) is 1. The number of rotatable bonds is 6. The van der Waals surface area contributed by atoms with Gasteiger partial charge in [-0.25, -0.2) is 9.78 Å². The van der Waals surface area contributed by atoms with Gasteiger partial charge >= 0.3 is 5.97 Å². The number of thiazole rings is 1. The van der Waals surface area contributed by atoms with E-state index in [0.29, 0.717) is 16.6 Å². The Morgan fingerprint density at radius 2 is 2.20 bits per heavy atom. The van der Waals surface area contributed by atoms with Gasteiger partial charge in [-0.05, 0) is 12.8 Å². The fraction of sp³-hybridized carbons (Fsp3) is 0.600. The van der Waals surface area contributed by atoms with Gasteiger partial charge in [-0.3, -0.25) is 0 Å². The normalized spacial score (nSPS) is 10.5. The minimum absolute atomic E-state index is 0.288. The highest BCUT2D eigenvalue weighted by atomic mass is 35.5. The van der Waals surface area contributed by atoms with Crippen molar-refractivity contribution < 1.29 is 9.90 Å². The number of aryl methyl sites for hydroxylation is 1. The lowest BCUT2D eigenvalue weighted by molar-refractivity contribution is 0.0700. The summed E-state index contributed by atoms with van der Waals surface area (Å²) in [5.74, 6) is -0.926. The Morgan fingerprint density at radius 1 is 1.47 bits per heavy atom. The maximum Gasteiger partial charge on any atom is 0.347 e. The molecule has 0 aromatic carbocycles. The standard InChI is InChI=1S/C10H14ClNO2S/c1-2-3-4-5-6-7-8(9(13)14)15-10(11)12-7/h2-6H2,1H3,(H,13,14). The summed E-state index contributed by atoms with van der Waals surface area (Å²) in [6, 6.07) is 0. The highest BCUT2D eigenvalue weighted by Crippen LogP contribution is 2.24. The predicted molar refractivity (Wildman–Crippen MR) is 61.9 cm³/mol. The summed E-state index contributed by atoms with van der Waals surface area (Å²) < 4.78 is 0.317. The number of aromatic nitrogens is 1. The number of halogens is 1. The van der Waals surface area contributed by atoms with Gasteiger partial charge in [0.1, 0.15) is 4.88 Å². The zero-order chi connectivity index (χ0) is 11.3. The van der Waals surface area contributed by atoms with Crippen LogP contribution in [0.2, 0.25) is 4.47 Å². The molecule has 0 spiro atoms. The van der Waals surface area contributed by atoms with Gasteiger partial charge in [0.25, 0.3) is 0 Å². The molecule has 84 valence electrons. The second kappa shape index (κ2) is 6.08. The summed E-state index contributed by atoms with van der Waals surface area (Å²) in [6.45, 7) is 2.14. The highest BCUT2D eigenvalue weighted by molar-refractivity contribution is 7.17. The van der Waals surface area contributed by atoms with E-state index < -0.39 is 5.97 Å². The van der Waals surface area contributed by atoms with Crippen LogP contribution in [0.1, 0.15) is 48.0 Å². The first-order valence-corrected chi connectivity index (χ1v) is 6.23. The summed E-state index contributed by atoms with van der Waals surface area (Å²) in [5, 5.41) is 8.89. The molecule has 1 aromatic rings. The molecule has 0 saturated carbocycles. The van der Waals surface area contributed by atoms with Gasteiger partial charge in [0.15, 0.2) is 4.47 Å². The summed E-state index contributed by atoms with van der Waals surface area (Å²) >= 11 is 6.73. The van der Waals surface area contributed by atoms with Crippen LogP contribution in [0.25, 0.3) is 0 Å². The molecule has 0 aliphatic heterocycles. The summed E-state index contributed by atoms with van der Waals surface area (Å²) in [4.78, 5) is 15.2. The molecule has 0 atom stereocenters. The van der Waals surface area contributed by atoms with Crippen LogP contribution in [0, 0.1) is 0 Å². The summed E-state index contributed by atoms with van der Waals surface area (Å²) in [6.07, 6.45) is 5.16. The molecule has 15 heavy (non-hydrogen) atoms. The Bertz CT molecular complexity index is 338. The smallest absolute Gasteiger partial charge is 0.347 e.